The van der Waals surface area contributed by atoms with Gasteiger partial charge in [-0.15, -0.1) is 0 Å². The Hall–Kier alpha value is -1.02. The topological polar surface area (TPSA) is 61.6 Å². The number of nitrogens with one attached hydrogen (secondary N) is 1. The van der Waals surface area contributed by atoms with Gasteiger partial charge in [-0.3, -0.25) is 14.6 Å². The molecule has 5 heteroatoms. The Morgan fingerprint density at radius 2 is 2.36 bits per heavy atom. The molecule has 0 bridgehead atoms. The van der Waals surface area contributed by atoms with Gasteiger partial charge in [0, 0.05) is 0 Å². The first-order chi connectivity index (χ1) is 6.70. The Kier molecular flexibility index (Phi) is 3.96. The summed E-state index contributed by atoms with van der Waals surface area (Å²) in [6, 6.07) is 2.01. The number of hydrogen-bond acceptors (Lipinski definition) is 2. The minimum Gasteiger partial charge on any atom is -0.299 e. The molecular weight excluding hydrogens is 246 g/mol. The SMILES string of the molecule is CCCc1[nH]n(CCC#N)c(=O)c1Br. The number of hydrogen-bond donors (Lipinski definition) is 1. The third-order valence-electron chi connectivity index (χ3n) is 1.91. The van der Waals surface area contributed by atoms with Crippen molar-refractivity contribution in [3.05, 3.63) is 20.5 Å². The fourth-order valence-electron chi connectivity index (χ4n) is 1.25. The summed E-state index contributed by atoms with van der Waals surface area (Å²) in [7, 11) is 0. The maximum absolute atomic E-state index is 11.5. The molecule has 0 aliphatic carbocycles. The zero-order valence-corrected chi connectivity index (χ0v) is 9.60. The zero-order chi connectivity index (χ0) is 10.6. The van der Waals surface area contributed by atoms with E-state index in [1.54, 1.807) is 0 Å². The van der Waals surface area contributed by atoms with Crippen molar-refractivity contribution in [2.75, 3.05) is 0 Å². The lowest BCUT2D eigenvalue weighted by molar-refractivity contribution is 0.598. The average molecular weight is 258 g/mol. The summed E-state index contributed by atoms with van der Waals surface area (Å²) in [4.78, 5) is 11.5. The van der Waals surface area contributed by atoms with Gasteiger partial charge in [-0.25, -0.2) is 0 Å². The smallest absolute Gasteiger partial charge is 0.281 e. The maximum atomic E-state index is 11.5. The number of halogens is 1. The number of aryl methyl sites for hydroxylation is 2. The Morgan fingerprint density at radius 1 is 1.64 bits per heavy atom. The van der Waals surface area contributed by atoms with Crippen molar-refractivity contribution in [3.8, 4) is 6.07 Å². The molecule has 0 saturated carbocycles. The molecule has 0 saturated heterocycles. The van der Waals surface area contributed by atoms with Gasteiger partial charge in [0.05, 0.1) is 24.7 Å². The van der Waals surface area contributed by atoms with E-state index in [1.165, 1.54) is 4.68 Å². The average Bonchev–Trinajstić information content (AvgIpc) is 2.44. The van der Waals surface area contributed by atoms with Gasteiger partial charge < -0.3 is 0 Å². The van der Waals surface area contributed by atoms with E-state index < -0.39 is 0 Å². The largest absolute Gasteiger partial charge is 0.299 e. The van der Waals surface area contributed by atoms with E-state index >= 15 is 0 Å². The van der Waals surface area contributed by atoms with Crippen LogP contribution in [0, 0.1) is 11.3 Å². The van der Waals surface area contributed by atoms with E-state index in [1.807, 2.05) is 6.07 Å². The molecule has 0 aliphatic heterocycles. The van der Waals surface area contributed by atoms with Crippen molar-refractivity contribution in [2.45, 2.75) is 32.7 Å². The van der Waals surface area contributed by atoms with Gasteiger partial charge in [0.2, 0.25) is 0 Å². The van der Waals surface area contributed by atoms with Crippen molar-refractivity contribution in [3.63, 3.8) is 0 Å². The highest BCUT2D eigenvalue weighted by Crippen LogP contribution is 2.11. The molecule has 4 nitrogen and oxygen atoms in total. The molecular formula is C9H12BrN3O. The van der Waals surface area contributed by atoms with Crippen LogP contribution in [0.25, 0.3) is 0 Å². The highest BCUT2D eigenvalue weighted by atomic mass is 79.9. The molecule has 1 aromatic heterocycles. The van der Waals surface area contributed by atoms with Gasteiger partial charge in [-0.2, -0.15) is 5.26 Å². The molecule has 0 radical (unpaired) electrons. The van der Waals surface area contributed by atoms with Gasteiger partial charge in [-0.05, 0) is 22.4 Å². The van der Waals surface area contributed by atoms with Gasteiger partial charge in [-0.1, -0.05) is 13.3 Å². The molecule has 0 unspecified atom stereocenters. The van der Waals surface area contributed by atoms with E-state index in [-0.39, 0.29) is 5.56 Å². The van der Waals surface area contributed by atoms with Crippen LogP contribution in [0.15, 0.2) is 9.27 Å². The van der Waals surface area contributed by atoms with Gasteiger partial charge in [0.25, 0.3) is 5.56 Å². The van der Waals surface area contributed by atoms with Crippen LogP contribution >= 0.6 is 15.9 Å². The Labute approximate surface area is 90.6 Å². The zero-order valence-electron chi connectivity index (χ0n) is 8.01. The number of nitriles is 1. The lowest BCUT2D eigenvalue weighted by Gasteiger charge is -1.96. The fraction of sp³-hybridized carbons (Fsp3) is 0.556. The molecule has 1 aromatic rings. The highest BCUT2D eigenvalue weighted by molar-refractivity contribution is 9.10. The van der Waals surface area contributed by atoms with Crippen LogP contribution in [0.5, 0.6) is 0 Å². The molecule has 0 amide bonds. The van der Waals surface area contributed by atoms with Gasteiger partial charge in [0.1, 0.15) is 4.47 Å². The van der Waals surface area contributed by atoms with Crippen molar-refractivity contribution >= 4 is 15.9 Å². The fourth-order valence-corrected chi connectivity index (χ4v) is 1.75. The Bertz CT molecular complexity index is 399. The Balaban J connectivity index is 2.92. The van der Waals surface area contributed by atoms with Gasteiger partial charge in [0.15, 0.2) is 0 Å². The van der Waals surface area contributed by atoms with Crippen molar-refractivity contribution < 1.29 is 0 Å². The van der Waals surface area contributed by atoms with E-state index in [2.05, 4.69) is 28.0 Å². The quantitative estimate of drug-likeness (QED) is 0.895. The summed E-state index contributed by atoms with van der Waals surface area (Å²) < 4.78 is 2.07. The number of H-pyrrole nitrogens is 1. The first-order valence-corrected chi connectivity index (χ1v) is 5.34. The summed E-state index contributed by atoms with van der Waals surface area (Å²) in [5.74, 6) is 0. The third kappa shape index (κ3) is 2.26. The minimum absolute atomic E-state index is 0.0799. The standard InChI is InChI=1S/C9H12BrN3O/c1-2-4-7-8(10)9(14)13(12-7)6-3-5-11/h12H,2-4,6H2,1H3. The van der Waals surface area contributed by atoms with E-state index in [4.69, 9.17) is 5.26 Å². The van der Waals surface area contributed by atoms with Gasteiger partial charge >= 0.3 is 0 Å². The molecule has 76 valence electrons. The summed E-state index contributed by atoms with van der Waals surface area (Å²) in [6.07, 6.45) is 2.17. The van der Waals surface area contributed by atoms with Crippen LogP contribution < -0.4 is 5.56 Å². The van der Waals surface area contributed by atoms with Crippen LogP contribution in [0.3, 0.4) is 0 Å². The van der Waals surface area contributed by atoms with Crippen LogP contribution in [-0.2, 0) is 13.0 Å². The number of rotatable bonds is 4. The normalized spacial score (nSPS) is 10.1. The second-order valence-electron chi connectivity index (χ2n) is 3.02. The van der Waals surface area contributed by atoms with Crippen LogP contribution in [0.4, 0.5) is 0 Å². The molecule has 1 N–H and O–H groups in total. The first kappa shape index (κ1) is 11.1. The Morgan fingerprint density at radius 3 is 2.93 bits per heavy atom. The van der Waals surface area contributed by atoms with E-state index in [9.17, 15) is 4.79 Å². The number of aromatic amines is 1. The molecule has 0 fully saturated rings. The van der Waals surface area contributed by atoms with Crippen molar-refractivity contribution in [1.82, 2.24) is 9.78 Å². The summed E-state index contributed by atoms with van der Waals surface area (Å²) in [6.45, 7) is 2.48. The number of aromatic nitrogens is 2. The molecule has 14 heavy (non-hydrogen) atoms. The third-order valence-corrected chi connectivity index (χ3v) is 2.73. The lowest BCUT2D eigenvalue weighted by Crippen LogP contribution is -2.16. The molecule has 0 aromatic carbocycles. The maximum Gasteiger partial charge on any atom is 0.281 e. The monoisotopic (exact) mass is 257 g/mol. The molecule has 0 aliphatic rings. The predicted molar refractivity (Wildman–Crippen MR) is 57.0 cm³/mol. The summed E-state index contributed by atoms with van der Waals surface area (Å²) in [5.41, 5.74) is 0.833. The van der Waals surface area contributed by atoms with Crippen LogP contribution in [0.2, 0.25) is 0 Å². The molecule has 0 spiro atoms. The first-order valence-electron chi connectivity index (χ1n) is 4.54. The second-order valence-corrected chi connectivity index (χ2v) is 3.81. The molecule has 1 heterocycles. The second kappa shape index (κ2) is 5.01. The summed E-state index contributed by atoms with van der Waals surface area (Å²) >= 11 is 3.25. The summed E-state index contributed by atoms with van der Waals surface area (Å²) in [5, 5.41) is 11.4. The van der Waals surface area contributed by atoms with Crippen LogP contribution in [0.1, 0.15) is 25.5 Å². The molecule has 1 rings (SSSR count). The number of nitrogens with zero attached hydrogens (tertiary/aromatic N) is 2. The predicted octanol–water partition coefficient (Wildman–Crippen LogP) is 1.81. The molecule has 0 atom stereocenters. The highest BCUT2D eigenvalue weighted by Gasteiger charge is 2.09. The van der Waals surface area contributed by atoms with Crippen molar-refractivity contribution in [2.24, 2.45) is 0 Å². The lowest BCUT2D eigenvalue weighted by atomic mass is 10.3. The van der Waals surface area contributed by atoms with E-state index in [0.717, 1.165) is 18.5 Å². The minimum atomic E-state index is -0.0799. The van der Waals surface area contributed by atoms with Crippen LogP contribution in [-0.4, -0.2) is 9.78 Å². The van der Waals surface area contributed by atoms with E-state index in [0.29, 0.717) is 17.4 Å². The van der Waals surface area contributed by atoms with Crippen molar-refractivity contribution in [1.29, 1.82) is 5.26 Å².